The SMILES string of the molecule is CC1(C)CCc2ncnc(N3CCOc4ccc(-c5ccc(N)c(N)c5)cc4C3)c2C1. The Bertz CT molecular complexity index is 1140. The van der Waals surface area contributed by atoms with Crippen molar-refractivity contribution < 1.29 is 4.74 Å². The maximum Gasteiger partial charge on any atom is 0.135 e. The minimum Gasteiger partial charge on any atom is -0.491 e. The van der Waals surface area contributed by atoms with E-state index >= 15 is 0 Å². The summed E-state index contributed by atoms with van der Waals surface area (Å²) in [7, 11) is 0. The summed E-state index contributed by atoms with van der Waals surface area (Å²) in [5, 5.41) is 0. The van der Waals surface area contributed by atoms with Crippen LogP contribution in [0.3, 0.4) is 0 Å². The summed E-state index contributed by atoms with van der Waals surface area (Å²) in [5.41, 5.74) is 19.2. The van der Waals surface area contributed by atoms with Crippen LogP contribution in [-0.4, -0.2) is 23.1 Å². The first-order chi connectivity index (χ1) is 14.9. The van der Waals surface area contributed by atoms with E-state index in [4.69, 9.17) is 21.2 Å². The van der Waals surface area contributed by atoms with Gasteiger partial charge in [0, 0.05) is 23.4 Å². The number of fused-ring (bicyclic) bond motifs is 2. The quantitative estimate of drug-likeness (QED) is 0.609. The van der Waals surface area contributed by atoms with Gasteiger partial charge in [-0.05, 0) is 60.1 Å². The van der Waals surface area contributed by atoms with Crippen LogP contribution in [0.2, 0.25) is 0 Å². The Morgan fingerprint density at radius 2 is 1.81 bits per heavy atom. The molecule has 0 fully saturated rings. The molecule has 2 heterocycles. The van der Waals surface area contributed by atoms with Gasteiger partial charge in [0.25, 0.3) is 0 Å². The highest BCUT2D eigenvalue weighted by molar-refractivity contribution is 5.75. The minimum absolute atomic E-state index is 0.273. The molecule has 5 rings (SSSR count). The van der Waals surface area contributed by atoms with Crippen molar-refractivity contribution in [3.63, 3.8) is 0 Å². The Labute approximate surface area is 183 Å². The first-order valence-electron chi connectivity index (χ1n) is 10.9. The van der Waals surface area contributed by atoms with Crippen LogP contribution in [0.4, 0.5) is 17.2 Å². The molecule has 0 radical (unpaired) electrons. The predicted molar refractivity (Wildman–Crippen MR) is 125 cm³/mol. The lowest BCUT2D eigenvalue weighted by Crippen LogP contribution is -2.31. The molecule has 0 amide bonds. The van der Waals surface area contributed by atoms with Crippen LogP contribution in [0.5, 0.6) is 5.75 Å². The number of hydrogen-bond acceptors (Lipinski definition) is 6. The Morgan fingerprint density at radius 3 is 2.65 bits per heavy atom. The molecule has 0 saturated heterocycles. The number of nitrogens with two attached hydrogens (primary N) is 2. The normalized spacial score (nSPS) is 17.3. The molecule has 6 nitrogen and oxygen atoms in total. The second-order valence-electron chi connectivity index (χ2n) is 9.40. The highest BCUT2D eigenvalue weighted by Gasteiger charge is 2.30. The van der Waals surface area contributed by atoms with Crippen LogP contribution >= 0.6 is 0 Å². The van der Waals surface area contributed by atoms with Gasteiger partial charge in [-0.1, -0.05) is 26.0 Å². The average molecular weight is 416 g/mol. The Kier molecular flexibility index (Phi) is 4.73. The van der Waals surface area contributed by atoms with Gasteiger partial charge in [0.05, 0.1) is 17.9 Å². The van der Waals surface area contributed by atoms with Gasteiger partial charge in [-0.25, -0.2) is 9.97 Å². The van der Waals surface area contributed by atoms with E-state index in [9.17, 15) is 0 Å². The molecule has 0 bridgehead atoms. The molecular formula is C25H29N5O. The number of benzene rings is 2. The fourth-order valence-electron chi connectivity index (χ4n) is 4.64. The van der Waals surface area contributed by atoms with Crippen LogP contribution < -0.4 is 21.1 Å². The number of anilines is 3. The number of aryl methyl sites for hydroxylation is 1. The Balaban J connectivity index is 1.50. The molecule has 2 aromatic carbocycles. The fourth-order valence-corrected chi connectivity index (χ4v) is 4.64. The summed E-state index contributed by atoms with van der Waals surface area (Å²) in [6.45, 7) is 6.83. The summed E-state index contributed by atoms with van der Waals surface area (Å²) in [4.78, 5) is 11.7. The number of aromatic nitrogens is 2. The molecule has 1 aliphatic carbocycles. The van der Waals surface area contributed by atoms with Gasteiger partial charge in [-0.15, -0.1) is 0 Å². The van der Waals surface area contributed by atoms with Crippen molar-refractivity contribution in [1.82, 2.24) is 9.97 Å². The van der Waals surface area contributed by atoms with Crippen molar-refractivity contribution in [2.45, 2.75) is 39.7 Å². The highest BCUT2D eigenvalue weighted by Crippen LogP contribution is 2.39. The van der Waals surface area contributed by atoms with Crippen molar-refractivity contribution in [3.05, 3.63) is 59.5 Å². The third-order valence-electron chi connectivity index (χ3n) is 6.47. The van der Waals surface area contributed by atoms with Crippen molar-refractivity contribution in [1.29, 1.82) is 0 Å². The number of rotatable bonds is 2. The lowest BCUT2D eigenvalue weighted by Gasteiger charge is -2.33. The molecule has 3 aromatic rings. The van der Waals surface area contributed by atoms with Gasteiger partial charge in [0.15, 0.2) is 0 Å². The zero-order chi connectivity index (χ0) is 21.6. The monoisotopic (exact) mass is 415 g/mol. The lowest BCUT2D eigenvalue weighted by molar-refractivity contribution is 0.310. The van der Waals surface area contributed by atoms with E-state index in [-0.39, 0.29) is 5.41 Å². The zero-order valence-corrected chi connectivity index (χ0v) is 18.2. The van der Waals surface area contributed by atoms with Gasteiger partial charge in [-0.2, -0.15) is 0 Å². The maximum atomic E-state index is 6.09. The van der Waals surface area contributed by atoms with E-state index in [1.54, 1.807) is 6.33 Å². The molecule has 31 heavy (non-hydrogen) atoms. The third-order valence-corrected chi connectivity index (χ3v) is 6.47. The van der Waals surface area contributed by atoms with Crippen LogP contribution in [0.15, 0.2) is 42.7 Å². The van der Waals surface area contributed by atoms with Crippen molar-refractivity contribution in [3.8, 4) is 16.9 Å². The minimum atomic E-state index is 0.273. The number of nitrogen functional groups attached to an aromatic ring is 2. The second-order valence-corrected chi connectivity index (χ2v) is 9.40. The standard InChI is InChI=1S/C25H29N5O/c1-25(2)8-7-22-19(13-25)24(29-15-28-22)30-9-10-31-23-6-4-16(11-18(23)14-30)17-3-5-20(26)21(27)12-17/h3-6,11-12,15H,7-10,13-14,26-27H2,1-2H3. The molecule has 0 saturated carbocycles. The Morgan fingerprint density at radius 1 is 1.00 bits per heavy atom. The molecule has 6 heteroatoms. The molecule has 0 spiro atoms. The summed E-state index contributed by atoms with van der Waals surface area (Å²) in [6, 6.07) is 12.1. The smallest absolute Gasteiger partial charge is 0.135 e. The molecule has 0 atom stereocenters. The summed E-state index contributed by atoms with van der Waals surface area (Å²) < 4.78 is 6.09. The van der Waals surface area contributed by atoms with E-state index in [2.05, 4.69) is 41.9 Å². The van der Waals surface area contributed by atoms with Gasteiger partial charge in [0.1, 0.15) is 24.5 Å². The first kappa shape index (κ1) is 19.7. The van der Waals surface area contributed by atoms with Crippen molar-refractivity contribution in [2.24, 2.45) is 5.41 Å². The molecular weight excluding hydrogens is 386 g/mol. The maximum absolute atomic E-state index is 6.09. The van der Waals surface area contributed by atoms with Gasteiger partial charge in [-0.3, -0.25) is 0 Å². The van der Waals surface area contributed by atoms with Crippen molar-refractivity contribution >= 4 is 17.2 Å². The van der Waals surface area contributed by atoms with E-state index in [0.29, 0.717) is 18.0 Å². The van der Waals surface area contributed by atoms with Crippen LogP contribution in [0, 0.1) is 5.41 Å². The molecule has 160 valence electrons. The van der Waals surface area contributed by atoms with E-state index in [0.717, 1.165) is 60.6 Å². The topological polar surface area (TPSA) is 90.3 Å². The predicted octanol–water partition coefficient (Wildman–Crippen LogP) is 4.22. The van der Waals surface area contributed by atoms with E-state index in [1.807, 2.05) is 18.2 Å². The average Bonchev–Trinajstić information content (AvgIpc) is 2.96. The molecule has 4 N–H and O–H groups in total. The number of ether oxygens (including phenoxy) is 1. The third kappa shape index (κ3) is 3.78. The van der Waals surface area contributed by atoms with Crippen molar-refractivity contribution in [2.75, 3.05) is 29.5 Å². The van der Waals surface area contributed by atoms with Crippen LogP contribution in [0.25, 0.3) is 11.1 Å². The van der Waals surface area contributed by atoms with Gasteiger partial charge in [0.2, 0.25) is 0 Å². The lowest BCUT2D eigenvalue weighted by atomic mass is 9.76. The van der Waals surface area contributed by atoms with Gasteiger partial charge >= 0.3 is 0 Å². The van der Waals surface area contributed by atoms with E-state index < -0.39 is 0 Å². The molecule has 2 aliphatic rings. The summed E-state index contributed by atoms with van der Waals surface area (Å²) >= 11 is 0. The highest BCUT2D eigenvalue weighted by atomic mass is 16.5. The van der Waals surface area contributed by atoms with Crippen LogP contribution in [0.1, 0.15) is 37.1 Å². The van der Waals surface area contributed by atoms with Crippen LogP contribution in [-0.2, 0) is 19.4 Å². The zero-order valence-electron chi connectivity index (χ0n) is 18.2. The number of hydrogen-bond donors (Lipinski definition) is 2. The molecule has 1 aromatic heterocycles. The fraction of sp³-hybridized carbons (Fsp3) is 0.360. The van der Waals surface area contributed by atoms with E-state index in [1.165, 1.54) is 11.3 Å². The molecule has 0 unspecified atom stereocenters. The number of nitrogens with zero attached hydrogens (tertiary/aromatic N) is 3. The Hall–Kier alpha value is -3.28. The summed E-state index contributed by atoms with van der Waals surface area (Å²) in [6.07, 6.45) is 4.90. The molecule has 1 aliphatic heterocycles. The largest absolute Gasteiger partial charge is 0.491 e. The first-order valence-corrected chi connectivity index (χ1v) is 10.9. The summed E-state index contributed by atoms with van der Waals surface area (Å²) in [5.74, 6) is 1.98. The van der Waals surface area contributed by atoms with Gasteiger partial charge < -0.3 is 21.1 Å². The second kappa shape index (κ2) is 7.45.